The van der Waals surface area contributed by atoms with Crippen LogP contribution in [0.1, 0.15) is 32.6 Å². The third-order valence-electron chi connectivity index (χ3n) is 4.83. The highest BCUT2D eigenvalue weighted by atomic mass is 19.1. The van der Waals surface area contributed by atoms with Crippen LogP contribution >= 0.6 is 0 Å². The highest BCUT2D eigenvalue weighted by molar-refractivity contribution is 6.47. The molecule has 0 fully saturated rings. The molecule has 1 unspecified atom stereocenters. The van der Waals surface area contributed by atoms with Gasteiger partial charge in [-0.25, -0.2) is 9.18 Å². The van der Waals surface area contributed by atoms with Crippen molar-refractivity contribution in [2.75, 3.05) is 0 Å². The van der Waals surface area contributed by atoms with E-state index in [0.717, 1.165) is 0 Å². The lowest BCUT2D eigenvalue weighted by molar-refractivity contribution is -0.120. The van der Waals surface area contributed by atoms with Crippen molar-refractivity contribution in [3.63, 3.8) is 0 Å². The molecule has 1 atom stereocenters. The first kappa shape index (κ1) is 20.8. The van der Waals surface area contributed by atoms with Crippen LogP contribution in [0.15, 0.2) is 30.3 Å². The molecule has 0 spiro atoms. The van der Waals surface area contributed by atoms with Crippen molar-refractivity contribution < 1.29 is 28.8 Å². The van der Waals surface area contributed by atoms with E-state index >= 15 is 0 Å². The fourth-order valence-corrected chi connectivity index (χ4v) is 3.43. The molecule has 10 heteroatoms. The first-order valence-corrected chi connectivity index (χ1v) is 9.03. The first-order chi connectivity index (χ1) is 13.8. The van der Waals surface area contributed by atoms with Gasteiger partial charge in [0.25, 0.3) is 0 Å². The number of hydrogen-bond donors (Lipinski definition) is 5. The lowest BCUT2D eigenvalue weighted by Crippen LogP contribution is -2.53. The second-order valence-electron chi connectivity index (χ2n) is 6.79. The number of amides is 1. The summed E-state index contributed by atoms with van der Waals surface area (Å²) in [6, 6.07) is 7.48. The average Bonchev–Trinajstić information content (AvgIpc) is 2.67. The van der Waals surface area contributed by atoms with Gasteiger partial charge < -0.3 is 31.6 Å². The number of benzene rings is 2. The number of fused-ring (bicyclic) bond motifs is 1. The number of carboxylic acids is 1. The molecule has 2 aromatic carbocycles. The van der Waals surface area contributed by atoms with Gasteiger partial charge in [0.15, 0.2) is 0 Å². The highest BCUT2D eigenvalue weighted by Gasteiger charge is 2.37. The molecule has 3 rings (SSSR count). The fourth-order valence-electron chi connectivity index (χ4n) is 3.43. The normalized spacial score (nSPS) is 15.4. The van der Waals surface area contributed by atoms with Crippen LogP contribution in [0.25, 0.3) is 0 Å². The molecule has 0 saturated heterocycles. The summed E-state index contributed by atoms with van der Waals surface area (Å²) in [5, 5.41) is 22.1. The van der Waals surface area contributed by atoms with Gasteiger partial charge in [0.05, 0.1) is 17.9 Å². The van der Waals surface area contributed by atoms with Crippen molar-refractivity contribution in [2.45, 2.75) is 31.9 Å². The average molecular weight is 401 g/mol. The number of carboxylic acid groups (broad SMARTS) is 1. The molecule has 8 nitrogen and oxygen atoms in total. The monoisotopic (exact) mass is 401 g/mol. The van der Waals surface area contributed by atoms with Crippen molar-refractivity contribution in [3.05, 3.63) is 64.0 Å². The number of carbonyl (C=O) groups is 2. The van der Waals surface area contributed by atoms with Gasteiger partial charge in [-0.05, 0) is 35.2 Å². The van der Waals surface area contributed by atoms with E-state index < -0.39 is 30.8 Å². The Morgan fingerprint density at radius 3 is 2.69 bits per heavy atom. The Balaban J connectivity index is 1.73. The Labute approximate surface area is 166 Å². The number of nitrogens with one attached hydrogen (secondary N) is 1. The lowest BCUT2D eigenvalue weighted by atomic mass is 9.72. The van der Waals surface area contributed by atoms with Gasteiger partial charge >= 0.3 is 13.1 Å². The van der Waals surface area contributed by atoms with E-state index in [2.05, 4.69) is 5.32 Å². The van der Waals surface area contributed by atoms with Gasteiger partial charge in [-0.3, -0.25) is 4.79 Å². The highest BCUT2D eigenvalue weighted by Crippen LogP contribution is 2.30. The predicted molar refractivity (Wildman–Crippen MR) is 104 cm³/mol. The van der Waals surface area contributed by atoms with Crippen molar-refractivity contribution >= 4 is 19.0 Å². The zero-order valence-corrected chi connectivity index (χ0v) is 15.5. The van der Waals surface area contributed by atoms with E-state index in [9.17, 15) is 24.1 Å². The molecule has 1 heterocycles. The summed E-state index contributed by atoms with van der Waals surface area (Å²) in [5.41, 5.74) is 12.9. The van der Waals surface area contributed by atoms with Gasteiger partial charge in [0.1, 0.15) is 11.6 Å². The molecule has 2 aromatic rings. The van der Waals surface area contributed by atoms with E-state index in [1.54, 1.807) is 18.2 Å². The third-order valence-corrected chi connectivity index (χ3v) is 4.83. The van der Waals surface area contributed by atoms with Gasteiger partial charge in [0.2, 0.25) is 5.91 Å². The van der Waals surface area contributed by atoms with Crippen LogP contribution in [0.5, 0.6) is 5.75 Å². The quantitative estimate of drug-likeness (QED) is 0.432. The van der Waals surface area contributed by atoms with Crippen molar-refractivity contribution in [2.24, 2.45) is 11.5 Å². The maximum Gasteiger partial charge on any atom is 0.547 e. The molecule has 0 bridgehead atoms. The summed E-state index contributed by atoms with van der Waals surface area (Å²) in [4.78, 5) is 23.7. The second-order valence-corrected chi connectivity index (χ2v) is 6.79. The van der Waals surface area contributed by atoms with Crippen molar-refractivity contribution in [1.29, 1.82) is 0 Å². The van der Waals surface area contributed by atoms with Gasteiger partial charge in [-0.15, -0.1) is 0 Å². The Morgan fingerprint density at radius 2 is 2.03 bits per heavy atom. The van der Waals surface area contributed by atoms with E-state index in [1.165, 1.54) is 12.1 Å². The molecule has 1 aliphatic heterocycles. The fraction of sp³-hybridized carbons (Fsp3) is 0.263. The zero-order chi connectivity index (χ0) is 21.1. The number of rotatable bonds is 6. The first-order valence-electron chi connectivity index (χ1n) is 9.03. The molecule has 0 radical (unpaired) electrons. The molecule has 0 saturated carbocycles. The number of para-hydroxylation sites is 1. The maximum absolute atomic E-state index is 14.2. The SMILES string of the molecule is NCc1cc(CC(=O)NC2Cc3cccc(C(=O)O)c3OB2O)cc(F)c1CN. The molecule has 29 heavy (non-hydrogen) atoms. The Hall–Kier alpha value is -2.95. The number of hydrogen-bond acceptors (Lipinski definition) is 6. The largest absolute Gasteiger partial charge is 0.547 e. The summed E-state index contributed by atoms with van der Waals surface area (Å²) in [6.07, 6.45) is 0.0674. The summed E-state index contributed by atoms with van der Waals surface area (Å²) in [7, 11) is -1.41. The van der Waals surface area contributed by atoms with Crippen LogP contribution in [0.3, 0.4) is 0 Å². The summed E-state index contributed by atoms with van der Waals surface area (Å²) in [5.74, 6) is -2.82. The minimum absolute atomic E-state index is 0.00812. The van der Waals surface area contributed by atoms with Crippen LogP contribution in [0.2, 0.25) is 0 Å². The van der Waals surface area contributed by atoms with E-state index in [0.29, 0.717) is 22.3 Å². The molecule has 7 N–H and O–H groups in total. The number of carbonyl (C=O) groups excluding carboxylic acids is 1. The number of nitrogens with two attached hydrogens (primary N) is 2. The third kappa shape index (κ3) is 4.39. The van der Waals surface area contributed by atoms with E-state index in [-0.39, 0.29) is 37.2 Å². The molecular weight excluding hydrogens is 380 g/mol. The molecule has 0 aliphatic carbocycles. The molecular formula is C19H21BFN3O5. The summed E-state index contributed by atoms with van der Waals surface area (Å²) < 4.78 is 19.5. The number of aromatic carboxylic acids is 1. The standard InChI is InChI=1S/C19H21BFN3O5/c21-15-5-10(4-12(8-22)14(15)9-23)6-17(25)24-16-7-11-2-1-3-13(19(26)27)18(11)29-20(16)28/h1-5,16,28H,6-9,22-23H2,(H,24,25)(H,26,27). The van der Waals surface area contributed by atoms with Crippen LogP contribution < -0.4 is 21.4 Å². The maximum atomic E-state index is 14.2. The molecule has 1 aliphatic rings. The van der Waals surface area contributed by atoms with Crippen LogP contribution in [0.4, 0.5) is 4.39 Å². The number of halogens is 1. The Morgan fingerprint density at radius 1 is 1.28 bits per heavy atom. The Kier molecular flexibility index (Phi) is 6.16. The lowest BCUT2D eigenvalue weighted by Gasteiger charge is -2.29. The van der Waals surface area contributed by atoms with Crippen molar-refractivity contribution in [3.8, 4) is 5.75 Å². The van der Waals surface area contributed by atoms with Gasteiger partial charge in [-0.2, -0.15) is 0 Å². The molecule has 1 amide bonds. The van der Waals surface area contributed by atoms with Crippen molar-refractivity contribution in [1.82, 2.24) is 5.32 Å². The summed E-state index contributed by atoms with van der Waals surface area (Å²) in [6.45, 7) is 0.102. The smallest absolute Gasteiger partial charge is 0.534 e. The zero-order valence-electron chi connectivity index (χ0n) is 15.5. The van der Waals surface area contributed by atoms with E-state index in [1.807, 2.05) is 0 Å². The molecule has 0 aromatic heterocycles. The predicted octanol–water partition coefficient (Wildman–Crippen LogP) is 0.123. The Bertz CT molecular complexity index is 956. The van der Waals surface area contributed by atoms with Gasteiger partial charge in [0, 0.05) is 18.7 Å². The minimum atomic E-state index is -1.41. The molecule has 152 valence electrons. The van der Waals surface area contributed by atoms with Crippen LogP contribution in [0, 0.1) is 5.82 Å². The van der Waals surface area contributed by atoms with Gasteiger partial charge in [-0.1, -0.05) is 18.2 Å². The van der Waals surface area contributed by atoms with E-state index in [4.69, 9.17) is 16.1 Å². The summed E-state index contributed by atoms with van der Waals surface area (Å²) >= 11 is 0. The minimum Gasteiger partial charge on any atom is -0.534 e. The van der Waals surface area contributed by atoms with Crippen LogP contribution in [-0.4, -0.2) is 35.1 Å². The van der Waals surface area contributed by atoms with Crippen LogP contribution in [-0.2, 0) is 30.7 Å². The topological polar surface area (TPSA) is 148 Å². The second kappa shape index (κ2) is 8.60.